The van der Waals surface area contributed by atoms with Crippen molar-refractivity contribution in [2.45, 2.75) is 46.2 Å². The summed E-state index contributed by atoms with van der Waals surface area (Å²) in [6.07, 6.45) is 0.988. The first-order chi connectivity index (χ1) is 13.3. The summed E-state index contributed by atoms with van der Waals surface area (Å²) in [5, 5.41) is 3.73. The average molecular weight is 421 g/mol. The molecule has 1 N–H and O–H groups in total. The van der Waals surface area contributed by atoms with Gasteiger partial charge < -0.3 is 10.2 Å². The number of hydrogen-bond donors (Lipinski definition) is 1. The maximum absolute atomic E-state index is 13.1. The van der Waals surface area contributed by atoms with Crippen molar-refractivity contribution in [1.29, 1.82) is 0 Å². The van der Waals surface area contributed by atoms with E-state index >= 15 is 0 Å². The van der Waals surface area contributed by atoms with E-state index in [4.69, 9.17) is 23.2 Å². The predicted molar refractivity (Wildman–Crippen MR) is 115 cm³/mol. The molecule has 2 aromatic carbocycles. The van der Waals surface area contributed by atoms with Gasteiger partial charge in [0.15, 0.2) is 0 Å². The highest BCUT2D eigenvalue weighted by atomic mass is 35.5. The molecule has 0 aliphatic heterocycles. The molecule has 1 atom stereocenters. The van der Waals surface area contributed by atoms with E-state index in [1.165, 1.54) is 0 Å². The zero-order valence-electron chi connectivity index (χ0n) is 16.5. The maximum Gasteiger partial charge on any atom is 0.242 e. The van der Waals surface area contributed by atoms with Gasteiger partial charge >= 0.3 is 0 Å². The second-order valence-corrected chi connectivity index (χ2v) is 7.72. The van der Waals surface area contributed by atoms with E-state index in [0.717, 1.165) is 23.1 Å². The maximum atomic E-state index is 13.1. The minimum atomic E-state index is -0.581. The highest BCUT2D eigenvalue weighted by molar-refractivity contribution is 6.42. The lowest BCUT2D eigenvalue weighted by Gasteiger charge is -2.29. The third-order valence-corrected chi connectivity index (χ3v) is 5.23. The third-order valence-electron chi connectivity index (χ3n) is 4.49. The summed E-state index contributed by atoms with van der Waals surface area (Å²) in [5.41, 5.74) is 2.85. The molecule has 28 heavy (non-hydrogen) atoms. The Morgan fingerprint density at radius 2 is 1.82 bits per heavy atom. The van der Waals surface area contributed by atoms with Gasteiger partial charge in [0.05, 0.1) is 16.5 Å². The predicted octanol–water partition coefficient (Wildman–Crippen LogP) is 4.79. The van der Waals surface area contributed by atoms with Crippen LogP contribution >= 0.6 is 23.2 Å². The molecule has 0 fully saturated rings. The Morgan fingerprint density at radius 1 is 1.07 bits per heavy atom. The SMILES string of the molecule is CCCNC(=O)[C@@H](C)N(Cc1cccc(C)c1)C(=O)Cc1ccc(Cl)c(Cl)c1. The van der Waals surface area contributed by atoms with Crippen LogP contribution in [-0.2, 0) is 22.6 Å². The lowest BCUT2D eigenvalue weighted by Crippen LogP contribution is -2.48. The number of rotatable bonds is 8. The smallest absolute Gasteiger partial charge is 0.242 e. The van der Waals surface area contributed by atoms with Crippen molar-refractivity contribution in [1.82, 2.24) is 10.2 Å². The number of benzene rings is 2. The number of amides is 2. The van der Waals surface area contributed by atoms with Gasteiger partial charge in [0.2, 0.25) is 11.8 Å². The summed E-state index contributed by atoms with van der Waals surface area (Å²) < 4.78 is 0. The molecular formula is C22H26Cl2N2O2. The summed E-state index contributed by atoms with van der Waals surface area (Å²) in [6, 6.07) is 12.5. The Balaban J connectivity index is 2.23. The van der Waals surface area contributed by atoms with E-state index in [-0.39, 0.29) is 18.2 Å². The number of nitrogens with one attached hydrogen (secondary N) is 1. The molecule has 4 nitrogen and oxygen atoms in total. The summed E-state index contributed by atoms with van der Waals surface area (Å²) in [6.45, 7) is 6.70. The van der Waals surface area contributed by atoms with Crippen molar-refractivity contribution in [2.24, 2.45) is 0 Å². The van der Waals surface area contributed by atoms with Crippen LogP contribution in [-0.4, -0.2) is 29.3 Å². The first-order valence-corrected chi connectivity index (χ1v) is 10.1. The number of carbonyl (C=O) groups excluding carboxylic acids is 2. The van der Waals surface area contributed by atoms with Crippen LogP contribution in [0.15, 0.2) is 42.5 Å². The molecule has 2 amide bonds. The summed E-state index contributed by atoms with van der Waals surface area (Å²) in [4.78, 5) is 27.2. The molecule has 0 bridgehead atoms. The van der Waals surface area contributed by atoms with E-state index in [9.17, 15) is 9.59 Å². The molecule has 0 aromatic heterocycles. The van der Waals surface area contributed by atoms with Gasteiger partial charge in [-0.2, -0.15) is 0 Å². The Kier molecular flexibility index (Phi) is 8.34. The Bertz CT molecular complexity index is 839. The highest BCUT2D eigenvalue weighted by Crippen LogP contribution is 2.23. The topological polar surface area (TPSA) is 49.4 Å². The molecule has 0 radical (unpaired) electrons. The van der Waals surface area contributed by atoms with E-state index < -0.39 is 6.04 Å². The summed E-state index contributed by atoms with van der Waals surface area (Å²) in [5.74, 6) is -0.295. The summed E-state index contributed by atoms with van der Waals surface area (Å²) in [7, 11) is 0. The van der Waals surface area contributed by atoms with Crippen molar-refractivity contribution in [3.8, 4) is 0 Å². The van der Waals surface area contributed by atoms with Gasteiger partial charge in [-0.3, -0.25) is 9.59 Å². The van der Waals surface area contributed by atoms with Gasteiger partial charge in [0, 0.05) is 13.1 Å². The van der Waals surface area contributed by atoms with Crippen LogP contribution in [0.1, 0.15) is 37.0 Å². The number of nitrogens with zero attached hydrogens (tertiary/aromatic N) is 1. The first-order valence-electron chi connectivity index (χ1n) is 9.38. The molecule has 2 aromatic rings. The largest absolute Gasteiger partial charge is 0.354 e. The van der Waals surface area contributed by atoms with Crippen LogP contribution in [0, 0.1) is 6.92 Å². The van der Waals surface area contributed by atoms with Gasteiger partial charge in [-0.05, 0) is 43.5 Å². The first kappa shape index (κ1) is 22.3. The van der Waals surface area contributed by atoms with E-state index in [1.807, 2.05) is 38.1 Å². The Labute approximate surface area is 176 Å². The fourth-order valence-electron chi connectivity index (χ4n) is 2.91. The fraction of sp³-hybridized carbons (Fsp3) is 0.364. The van der Waals surface area contributed by atoms with Gasteiger partial charge in [0.1, 0.15) is 6.04 Å². The zero-order chi connectivity index (χ0) is 20.7. The van der Waals surface area contributed by atoms with Gasteiger partial charge in [-0.1, -0.05) is 66.0 Å². The van der Waals surface area contributed by atoms with Crippen LogP contribution in [0.5, 0.6) is 0 Å². The standard InChI is InChI=1S/C22H26Cl2N2O2/c1-4-10-25-22(28)16(3)26(14-18-7-5-6-15(2)11-18)21(27)13-17-8-9-19(23)20(24)12-17/h5-9,11-12,16H,4,10,13-14H2,1-3H3,(H,25,28)/t16-/m1/s1. The Morgan fingerprint density at radius 3 is 2.46 bits per heavy atom. The average Bonchev–Trinajstić information content (AvgIpc) is 2.66. The van der Waals surface area contributed by atoms with Gasteiger partial charge in [-0.15, -0.1) is 0 Å². The van der Waals surface area contributed by atoms with Crippen LogP contribution in [0.2, 0.25) is 10.0 Å². The van der Waals surface area contributed by atoms with Crippen LogP contribution in [0.25, 0.3) is 0 Å². The van der Waals surface area contributed by atoms with Crippen molar-refractivity contribution in [3.63, 3.8) is 0 Å². The van der Waals surface area contributed by atoms with Crippen LogP contribution in [0.3, 0.4) is 0 Å². The number of carbonyl (C=O) groups is 2. The second-order valence-electron chi connectivity index (χ2n) is 6.90. The van der Waals surface area contributed by atoms with Crippen LogP contribution in [0.4, 0.5) is 0 Å². The van der Waals surface area contributed by atoms with Gasteiger partial charge in [-0.25, -0.2) is 0 Å². The minimum absolute atomic E-state index is 0.140. The molecule has 0 aliphatic carbocycles. The van der Waals surface area contributed by atoms with E-state index in [0.29, 0.717) is 23.1 Å². The van der Waals surface area contributed by atoms with Crippen molar-refractivity contribution in [2.75, 3.05) is 6.54 Å². The van der Waals surface area contributed by atoms with Crippen molar-refractivity contribution < 1.29 is 9.59 Å². The molecule has 0 unspecified atom stereocenters. The second kappa shape index (κ2) is 10.5. The molecule has 0 saturated heterocycles. The Hall–Kier alpha value is -2.04. The quantitative estimate of drug-likeness (QED) is 0.667. The molecule has 0 aliphatic rings. The van der Waals surface area contributed by atoms with Gasteiger partial charge in [0.25, 0.3) is 0 Å². The lowest BCUT2D eigenvalue weighted by atomic mass is 10.1. The lowest BCUT2D eigenvalue weighted by molar-refractivity contribution is -0.140. The molecule has 150 valence electrons. The monoisotopic (exact) mass is 420 g/mol. The molecule has 6 heteroatoms. The van der Waals surface area contributed by atoms with E-state index in [2.05, 4.69) is 5.32 Å². The fourth-order valence-corrected chi connectivity index (χ4v) is 3.23. The molecule has 2 rings (SSSR count). The number of aryl methyl sites for hydroxylation is 1. The molecular weight excluding hydrogens is 395 g/mol. The molecule has 0 saturated carbocycles. The normalized spacial score (nSPS) is 11.8. The summed E-state index contributed by atoms with van der Waals surface area (Å²) >= 11 is 12.0. The van der Waals surface area contributed by atoms with E-state index in [1.54, 1.807) is 30.0 Å². The third kappa shape index (κ3) is 6.25. The highest BCUT2D eigenvalue weighted by Gasteiger charge is 2.26. The molecule has 0 spiro atoms. The van der Waals surface area contributed by atoms with Crippen molar-refractivity contribution in [3.05, 3.63) is 69.2 Å². The number of halogens is 2. The molecule has 0 heterocycles. The number of hydrogen-bond acceptors (Lipinski definition) is 2. The van der Waals surface area contributed by atoms with Crippen molar-refractivity contribution >= 4 is 35.0 Å². The minimum Gasteiger partial charge on any atom is -0.354 e. The zero-order valence-corrected chi connectivity index (χ0v) is 18.0. The van der Waals surface area contributed by atoms with Crippen LogP contribution < -0.4 is 5.32 Å².